The minimum Gasteiger partial charge on any atom is -0.508 e. The molecular formula is C33H36N4O6. The van der Waals surface area contributed by atoms with Crippen LogP contribution in [0.4, 0.5) is 0 Å². The SMILES string of the molecule is C/C(C(=O)NC(C)(C)c1nc(-c2ccccc2)no1)=C(/O)[C@@H]1Oc2c(O)ccc3c2[C@@]12CC1CN(CC4CC4)[C@H](C3)[C@]12O. The molecule has 1 saturated heterocycles. The standard InChI is InChI=1S/C33H36N4O6/c1-17(29(40)35-31(2,3)30-34-28(36-43-30)19-7-5-4-6-8-19)25(39)27-32-14-21-16-37(15-18-9-10-18)23(33(21,32)41)13-20-11-12-22(38)26(42-27)24(20)32/h4-8,11-12,18,21,23,27,38-39,41H,9-10,13-16H2,1-3H3,(H,35,40)/b25-17-/t21?,23-,27+,32+,33-/m1/s1. The fraction of sp³-hybridized carbons (Fsp3) is 0.485. The first-order chi connectivity index (χ1) is 20.5. The van der Waals surface area contributed by atoms with Crippen molar-refractivity contribution in [2.75, 3.05) is 13.1 Å². The number of phenolic OH excluding ortho intramolecular Hbond substituents is 1. The monoisotopic (exact) mass is 584 g/mol. The fourth-order valence-corrected chi connectivity index (χ4v) is 8.30. The molecule has 1 amide bonds. The van der Waals surface area contributed by atoms with E-state index in [4.69, 9.17) is 9.26 Å². The van der Waals surface area contributed by atoms with Crippen LogP contribution in [0, 0.1) is 11.8 Å². The van der Waals surface area contributed by atoms with Gasteiger partial charge in [0.05, 0.1) is 16.6 Å². The molecule has 43 heavy (non-hydrogen) atoms. The number of aromatic hydroxyl groups is 1. The Bertz CT molecular complexity index is 1680. The molecule has 5 atom stereocenters. The van der Waals surface area contributed by atoms with Gasteiger partial charge in [-0.15, -0.1) is 0 Å². The number of benzene rings is 2. The van der Waals surface area contributed by atoms with Crippen LogP contribution in [-0.2, 0) is 22.2 Å². The molecule has 0 bridgehead atoms. The number of aliphatic hydroxyl groups is 2. The zero-order valence-corrected chi connectivity index (χ0v) is 24.5. The first-order valence-electron chi connectivity index (χ1n) is 15.1. The van der Waals surface area contributed by atoms with Crippen molar-refractivity contribution in [1.82, 2.24) is 20.4 Å². The zero-order valence-electron chi connectivity index (χ0n) is 24.5. The third kappa shape index (κ3) is 3.56. The number of hydrogen-bond donors (Lipinski definition) is 4. The van der Waals surface area contributed by atoms with Crippen molar-refractivity contribution >= 4 is 5.91 Å². The molecule has 3 aromatic rings. The van der Waals surface area contributed by atoms with Crippen molar-refractivity contribution in [3.05, 3.63) is 70.8 Å². The van der Waals surface area contributed by atoms with E-state index in [1.165, 1.54) is 12.8 Å². The number of ether oxygens (including phenoxy) is 1. The highest BCUT2D eigenvalue weighted by atomic mass is 16.5. The third-order valence-electron chi connectivity index (χ3n) is 10.7. The molecule has 2 aliphatic heterocycles. The van der Waals surface area contributed by atoms with Crippen LogP contribution < -0.4 is 10.1 Å². The summed E-state index contributed by atoms with van der Waals surface area (Å²) in [5.41, 5.74) is -0.495. The van der Waals surface area contributed by atoms with Crippen molar-refractivity contribution in [2.24, 2.45) is 11.8 Å². The highest BCUT2D eigenvalue weighted by Gasteiger charge is 2.80. The van der Waals surface area contributed by atoms with Gasteiger partial charge in [-0.1, -0.05) is 41.6 Å². The maximum Gasteiger partial charge on any atom is 0.252 e. The largest absolute Gasteiger partial charge is 0.508 e. The molecule has 3 aliphatic carbocycles. The number of nitrogens with zero attached hydrogens (tertiary/aromatic N) is 3. The Morgan fingerprint density at radius 1 is 1.19 bits per heavy atom. The van der Waals surface area contributed by atoms with Gasteiger partial charge in [-0.2, -0.15) is 4.98 Å². The van der Waals surface area contributed by atoms with Crippen molar-refractivity contribution in [3.8, 4) is 22.9 Å². The number of nitrogens with one attached hydrogen (secondary N) is 1. The van der Waals surface area contributed by atoms with Gasteiger partial charge in [0.1, 0.15) is 11.3 Å². The first kappa shape index (κ1) is 26.7. The van der Waals surface area contributed by atoms with Crippen LogP contribution in [0.1, 0.15) is 57.1 Å². The third-order valence-corrected chi connectivity index (χ3v) is 10.7. The summed E-state index contributed by atoms with van der Waals surface area (Å²) in [6.07, 6.45) is 2.70. The lowest BCUT2D eigenvalue weighted by atomic mass is 9.42. The number of carbonyl (C=O) groups is 1. The average Bonchev–Trinajstić information content (AvgIpc) is 3.41. The Morgan fingerprint density at radius 3 is 2.70 bits per heavy atom. The number of aromatic nitrogens is 2. The Kier molecular flexibility index (Phi) is 5.48. The molecule has 2 saturated carbocycles. The molecule has 3 fully saturated rings. The lowest BCUT2D eigenvalue weighted by Crippen LogP contribution is -2.76. The Hall–Kier alpha value is -3.89. The molecule has 8 rings (SSSR count). The Morgan fingerprint density at radius 2 is 1.95 bits per heavy atom. The number of phenols is 1. The van der Waals surface area contributed by atoms with Crippen LogP contribution in [0.25, 0.3) is 11.4 Å². The van der Waals surface area contributed by atoms with Crippen LogP contribution in [0.15, 0.2) is 58.3 Å². The van der Waals surface area contributed by atoms with Gasteiger partial charge in [-0.05, 0) is 64.0 Å². The molecule has 1 aromatic heterocycles. The lowest BCUT2D eigenvalue weighted by Gasteiger charge is -2.62. The highest BCUT2D eigenvalue weighted by Crippen LogP contribution is 2.72. The normalized spacial score (nSPS) is 31.0. The molecule has 4 N–H and O–H groups in total. The summed E-state index contributed by atoms with van der Waals surface area (Å²) in [6, 6.07) is 12.8. The minimum absolute atomic E-state index is 0.0272. The summed E-state index contributed by atoms with van der Waals surface area (Å²) in [5.74, 6) is 0.825. The lowest BCUT2D eigenvalue weighted by molar-refractivity contribution is -0.192. The van der Waals surface area contributed by atoms with Gasteiger partial charge in [0.15, 0.2) is 17.6 Å². The summed E-state index contributed by atoms with van der Waals surface area (Å²) in [5, 5.41) is 42.1. The number of likely N-dealkylation sites (tertiary alicyclic amines) is 1. The van der Waals surface area contributed by atoms with Crippen molar-refractivity contribution < 1.29 is 29.4 Å². The van der Waals surface area contributed by atoms with E-state index in [1.807, 2.05) is 36.4 Å². The summed E-state index contributed by atoms with van der Waals surface area (Å²) in [6.45, 7) is 6.81. The fourth-order valence-electron chi connectivity index (χ4n) is 8.30. The minimum atomic E-state index is -1.14. The van der Waals surface area contributed by atoms with Crippen LogP contribution in [0.2, 0.25) is 0 Å². The van der Waals surface area contributed by atoms with E-state index in [9.17, 15) is 20.1 Å². The van der Waals surface area contributed by atoms with Crippen LogP contribution in [0.5, 0.6) is 11.5 Å². The first-order valence-corrected chi connectivity index (χ1v) is 15.1. The number of rotatable bonds is 7. The second kappa shape index (κ2) is 8.83. The summed E-state index contributed by atoms with van der Waals surface area (Å²) < 4.78 is 11.9. The molecule has 3 heterocycles. The molecular weight excluding hydrogens is 548 g/mol. The molecule has 5 aliphatic rings. The van der Waals surface area contributed by atoms with E-state index in [1.54, 1.807) is 26.8 Å². The van der Waals surface area contributed by atoms with Crippen molar-refractivity contribution in [3.63, 3.8) is 0 Å². The predicted octanol–water partition coefficient (Wildman–Crippen LogP) is 3.73. The van der Waals surface area contributed by atoms with E-state index < -0.39 is 28.6 Å². The second-order valence-electron chi connectivity index (χ2n) is 13.6. The second-order valence-corrected chi connectivity index (χ2v) is 13.6. The number of hydrogen-bond acceptors (Lipinski definition) is 9. The molecule has 10 heteroatoms. The van der Waals surface area contributed by atoms with E-state index in [-0.39, 0.29) is 34.9 Å². The molecule has 2 aromatic carbocycles. The van der Waals surface area contributed by atoms with Gasteiger partial charge in [-0.3, -0.25) is 9.69 Å². The van der Waals surface area contributed by atoms with Gasteiger partial charge in [0, 0.05) is 36.2 Å². The maximum atomic E-state index is 13.6. The predicted molar refractivity (Wildman–Crippen MR) is 155 cm³/mol. The summed E-state index contributed by atoms with van der Waals surface area (Å²) >= 11 is 0. The smallest absolute Gasteiger partial charge is 0.252 e. The number of amides is 1. The zero-order chi connectivity index (χ0) is 29.9. The van der Waals surface area contributed by atoms with Crippen LogP contribution in [0.3, 0.4) is 0 Å². The number of aliphatic hydroxyl groups excluding tert-OH is 1. The van der Waals surface area contributed by atoms with E-state index in [0.29, 0.717) is 30.3 Å². The highest BCUT2D eigenvalue weighted by molar-refractivity contribution is 5.94. The molecule has 224 valence electrons. The molecule has 1 spiro atoms. The summed E-state index contributed by atoms with van der Waals surface area (Å²) in [4.78, 5) is 20.6. The molecule has 1 unspecified atom stereocenters. The van der Waals surface area contributed by atoms with Crippen LogP contribution >= 0.6 is 0 Å². The Labute approximate surface area is 249 Å². The van der Waals surface area contributed by atoms with Crippen molar-refractivity contribution in [2.45, 2.75) is 75.2 Å². The van der Waals surface area contributed by atoms with E-state index in [2.05, 4.69) is 20.4 Å². The van der Waals surface area contributed by atoms with Gasteiger partial charge in [-0.25, -0.2) is 0 Å². The van der Waals surface area contributed by atoms with Crippen LogP contribution in [-0.4, -0.2) is 67.1 Å². The molecule has 10 nitrogen and oxygen atoms in total. The van der Waals surface area contributed by atoms with Gasteiger partial charge in [0.2, 0.25) is 5.82 Å². The number of carbonyl (C=O) groups excluding carboxylic acids is 1. The average molecular weight is 585 g/mol. The maximum absolute atomic E-state index is 13.6. The van der Waals surface area contributed by atoms with E-state index >= 15 is 0 Å². The molecule has 0 radical (unpaired) electrons. The van der Waals surface area contributed by atoms with Gasteiger partial charge in [0.25, 0.3) is 11.8 Å². The van der Waals surface area contributed by atoms with Gasteiger partial charge >= 0.3 is 0 Å². The Balaban J connectivity index is 1.12. The quantitative estimate of drug-likeness (QED) is 0.242. The van der Waals surface area contributed by atoms with E-state index in [0.717, 1.165) is 29.8 Å². The van der Waals surface area contributed by atoms with Gasteiger partial charge < -0.3 is 29.9 Å². The topological polar surface area (TPSA) is 141 Å². The summed E-state index contributed by atoms with van der Waals surface area (Å²) in [7, 11) is 0. The van der Waals surface area contributed by atoms with Crippen molar-refractivity contribution in [1.29, 1.82) is 0 Å².